The molecule has 0 aromatic rings. The average Bonchev–Trinajstić information content (AvgIpc) is 2.67. The molecule has 0 aromatic carbocycles. The highest BCUT2D eigenvalue weighted by atomic mass is 16.5. The van der Waals surface area contributed by atoms with Gasteiger partial charge in [0, 0.05) is 13.2 Å². The summed E-state index contributed by atoms with van der Waals surface area (Å²) in [7, 11) is 0. The average molecular weight is 187 g/mol. The van der Waals surface area contributed by atoms with Crippen molar-refractivity contribution in [1.29, 1.82) is 0 Å². The molecule has 1 aliphatic rings. The zero-order valence-electron chi connectivity index (χ0n) is 8.46. The number of hydrogen-bond donors (Lipinski definition) is 2. The summed E-state index contributed by atoms with van der Waals surface area (Å²) < 4.78 is 5.49. The van der Waals surface area contributed by atoms with Gasteiger partial charge < -0.3 is 15.6 Å². The van der Waals surface area contributed by atoms with Crippen molar-refractivity contribution in [2.24, 2.45) is 5.73 Å². The van der Waals surface area contributed by atoms with Gasteiger partial charge >= 0.3 is 0 Å². The van der Waals surface area contributed by atoms with E-state index in [4.69, 9.17) is 10.5 Å². The molecule has 13 heavy (non-hydrogen) atoms. The largest absolute Gasteiger partial charge is 0.389 e. The van der Waals surface area contributed by atoms with E-state index in [-0.39, 0.29) is 0 Å². The first-order valence-electron chi connectivity index (χ1n) is 5.24. The fourth-order valence-electron chi connectivity index (χ4n) is 1.72. The Hall–Kier alpha value is -0.120. The van der Waals surface area contributed by atoms with Crippen molar-refractivity contribution in [2.45, 2.75) is 50.7 Å². The van der Waals surface area contributed by atoms with E-state index in [1.165, 1.54) is 0 Å². The molecule has 0 amide bonds. The standard InChI is InChI=1S/C10H21NO2/c1-2-10(12,8-11)6-5-9-4-3-7-13-9/h9,12H,2-8,11H2,1H3. The van der Waals surface area contributed by atoms with Crippen molar-refractivity contribution >= 4 is 0 Å². The number of ether oxygens (including phenoxy) is 1. The molecule has 2 atom stereocenters. The first-order valence-corrected chi connectivity index (χ1v) is 5.24. The topological polar surface area (TPSA) is 55.5 Å². The van der Waals surface area contributed by atoms with Gasteiger partial charge in [0.15, 0.2) is 0 Å². The summed E-state index contributed by atoms with van der Waals surface area (Å²) in [6.07, 6.45) is 5.12. The molecular formula is C10H21NO2. The third-order valence-corrected chi connectivity index (χ3v) is 2.99. The van der Waals surface area contributed by atoms with Crippen LogP contribution in [0.3, 0.4) is 0 Å². The zero-order chi connectivity index (χ0) is 9.73. The lowest BCUT2D eigenvalue weighted by Gasteiger charge is -2.25. The van der Waals surface area contributed by atoms with Crippen molar-refractivity contribution in [1.82, 2.24) is 0 Å². The quantitative estimate of drug-likeness (QED) is 0.676. The van der Waals surface area contributed by atoms with Crippen molar-refractivity contribution in [3.8, 4) is 0 Å². The minimum atomic E-state index is -0.661. The molecule has 3 heteroatoms. The summed E-state index contributed by atoms with van der Waals surface area (Å²) in [5.74, 6) is 0. The van der Waals surface area contributed by atoms with Crippen LogP contribution in [0.4, 0.5) is 0 Å². The van der Waals surface area contributed by atoms with Gasteiger partial charge in [-0.05, 0) is 32.1 Å². The molecule has 1 fully saturated rings. The lowest BCUT2D eigenvalue weighted by atomic mass is 9.93. The Morgan fingerprint density at radius 3 is 2.85 bits per heavy atom. The summed E-state index contributed by atoms with van der Waals surface area (Å²) in [4.78, 5) is 0. The summed E-state index contributed by atoms with van der Waals surface area (Å²) in [6.45, 7) is 3.22. The van der Waals surface area contributed by atoms with Crippen LogP contribution in [0.1, 0.15) is 39.0 Å². The molecular weight excluding hydrogens is 166 g/mol. The van der Waals surface area contributed by atoms with Crippen molar-refractivity contribution in [2.75, 3.05) is 13.2 Å². The number of rotatable bonds is 5. The predicted molar refractivity (Wildman–Crippen MR) is 52.5 cm³/mol. The van der Waals surface area contributed by atoms with Crippen molar-refractivity contribution < 1.29 is 9.84 Å². The highest BCUT2D eigenvalue weighted by Gasteiger charge is 2.25. The molecule has 2 unspecified atom stereocenters. The smallest absolute Gasteiger partial charge is 0.0767 e. The summed E-state index contributed by atoms with van der Waals surface area (Å²) >= 11 is 0. The molecule has 0 aliphatic carbocycles. The highest BCUT2D eigenvalue weighted by Crippen LogP contribution is 2.22. The van der Waals surface area contributed by atoms with Crippen LogP contribution in [0.25, 0.3) is 0 Å². The number of hydrogen-bond acceptors (Lipinski definition) is 3. The van der Waals surface area contributed by atoms with Gasteiger partial charge in [-0.3, -0.25) is 0 Å². The van der Waals surface area contributed by atoms with E-state index in [9.17, 15) is 5.11 Å². The molecule has 78 valence electrons. The molecule has 1 saturated heterocycles. The molecule has 0 aromatic heterocycles. The fourth-order valence-corrected chi connectivity index (χ4v) is 1.72. The van der Waals surface area contributed by atoms with Crippen LogP contribution in [0, 0.1) is 0 Å². The molecule has 3 N–H and O–H groups in total. The number of nitrogens with two attached hydrogens (primary N) is 1. The van der Waals surface area contributed by atoms with Crippen LogP contribution in [0.5, 0.6) is 0 Å². The van der Waals surface area contributed by atoms with Gasteiger partial charge in [0.2, 0.25) is 0 Å². The second kappa shape index (κ2) is 4.94. The number of aliphatic hydroxyl groups is 1. The Bertz CT molecular complexity index is 140. The minimum Gasteiger partial charge on any atom is -0.389 e. The third kappa shape index (κ3) is 3.25. The van der Waals surface area contributed by atoms with E-state index in [0.717, 1.165) is 38.7 Å². The Kier molecular flexibility index (Phi) is 4.16. The first-order chi connectivity index (χ1) is 6.20. The maximum absolute atomic E-state index is 9.91. The maximum atomic E-state index is 9.91. The summed E-state index contributed by atoms with van der Waals surface area (Å²) in [5, 5.41) is 9.91. The van der Waals surface area contributed by atoms with Crippen molar-refractivity contribution in [3.63, 3.8) is 0 Å². The van der Waals surface area contributed by atoms with E-state index in [0.29, 0.717) is 12.6 Å². The van der Waals surface area contributed by atoms with Gasteiger partial charge in [0.1, 0.15) is 0 Å². The lowest BCUT2D eigenvalue weighted by Crippen LogP contribution is -2.37. The van der Waals surface area contributed by atoms with E-state index < -0.39 is 5.60 Å². The molecule has 0 radical (unpaired) electrons. The highest BCUT2D eigenvalue weighted by molar-refractivity contribution is 4.80. The molecule has 0 spiro atoms. The second-order valence-corrected chi connectivity index (χ2v) is 3.96. The Balaban J connectivity index is 2.22. The Morgan fingerprint density at radius 2 is 2.38 bits per heavy atom. The third-order valence-electron chi connectivity index (χ3n) is 2.99. The van der Waals surface area contributed by atoms with Crippen LogP contribution in [-0.2, 0) is 4.74 Å². The first kappa shape index (κ1) is 11.0. The molecule has 3 nitrogen and oxygen atoms in total. The van der Waals surface area contributed by atoms with Crippen LogP contribution >= 0.6 is 0 Å². The second-order valence-electron chi connectivity index (χ2n) is 3.96. The van der Waals surface area contributed by atoms with E-state index in [1.807, 2.05) is 6.92 Å². The normalized spacial score (nSPS) is 27.5. The van der Waals surface area contributed by atoms with Gasteiger partial charge in [-0.15, -0.1) is 0 Å². The minimum absolute atomic E-state index is 0.357. The monoisotopic (exact) mass is 187 g/mol. The Labute approximate surface area is 80.3 Å². The summed E-state index contributed by atoms with van der Waals surface area (Å²) in [6, 6.07) is 0. The van der Waals surface area contributed by atoms with Gasteiger partial charge in [0.05, 0.1) is 11.7 Å². The van der Waals surface area contributed by atoms with E-state index in [2.05, 4.69) is 0 Å². The molecule has 1 heterocycles. The fraction of sp³-hybridized carbons (Fsp3) is 1.00. The molecule has 0 saturated carbocycles. The lowest BCUT2D eigenvalue weighted by molar-refractivity contribution is 0.0144. The van der Waals surface area contributed by atoms with E-state index in [1.54, 1.807) is 0 Å². The molecule has 0 bridgehead atoms. The van der Waals surface area contributed by atoms with Crippen LogP contribution < -0.4 is 5.73 Å². The van der Waals surface area contributed by atoms with Crippen LogP contribution in [0.2, 0.25) is 0 Å². The Morgan fingerprint density at radius 1 is 1.62 bits per heavy atom. The van der Waals surface area contributed by atoms with Crippen molar-refractivity contribution in [3.05, 3.63) is 0 Å². The predicted octanol–water partition coefficient (Wildman–Crippen LogP) is 1.05. The zero-order valence-corrected chi connectivity index (χ0v) is 8.46. The maximum Gasteiger partial charge on any atom is 0.0767 e. The van der Waals surface area contributed by atoms with E-state index >= 15 is 0 Å². The van der Waals surface area contributed by atoms with Gasteiger partial charge in [-0.25, -0.2) is 0 Å². The van der Waals surface area contributed by atoms with Gasteiger partial charge in [-0.1, -0.05) is 6.92 Å². The molecule has 1 rings (SSSR count). The SMILES string of the molecule is CCC(O)(CN)CCC1CCCO1. The van der Waals surface area contributed by atoms with Crippen LogP contribution in [0.15, 0.2) is 0 Å². The van der Waals surface area contributed by atoms with Gasteiger partial charge in [0.25, 0.3) is 0 Å². The summed E-state index contributed by atoms with van der Waals surface area (Å²) in [5.41, 5.74) is 4.85. The van der Waals surface area contributed by atoms with Crippen LogP contribution in [-0.4, -0.2) is 30.0 Å². The molecule has 1 aliphatic heterocycles. The van der Waals surface area contributed by atoms with Gasteiger partial charge in [-0.2, -0.15) is 0 Å².